The highest BCUT2D eigenvalue weighted by molar-refractivity contribution is 9.10. The number of rotatable bonds is 9. The molecule has 3 rings (SSSR count). The predicted molar refractivity (Wildman–Crippen MR) is 129 cm³/mol. The van der Waals surface area contributed by atoms with Crippen molar-refractivity contribution < 1.29 is 14.3 Å². The van der Waals surface area contributed by atoms with Crippen LogP contribution in [0.2, 0.25) is 5.02 Å². The maximum Gasteiger partial charge on any atom is 0.264 e. The van der Waals surface area contributed by atoms with Gasteiger partial charge >= 0.3 is 0 Å². The third-order valence-electron chi connectivity index (χ3n) is 3.99. The number of halogens is 2. The Hall–Kier alpha value is -2.96. The fourth-order valence-corrected chi connectivity index (χ4v) is 3.72. The minimum Gasteiger partial charge on any atom is -0.496 e. The molecule has 0 saturated heterocycles. The highest BCUT2D eigenvalue weighted by Crippen LogP contribution is 2.28. The van der Waals surface area contributed by atoms with Crippen molar-refractivity contribution >= 4 is 63.1 Å². The first kappa shape index (κ1) is 23.7. The molecule has 168 valence electrons. The molecule has 0 fully saturated rings. The van der Waals surface area contributed by atoms with E-state index >= 15 is 0 Å². The molecule has 3 aromatic rings. The number of methoxy groups -OCH3 is 2. The molecular formula is C19H19BrClN7O3S. The Morgan fingerprint density at radius 1 is 1.25 bits per heavy atom. The molecule has 0 bridgehead atoms. The smallest absolute Gasteiger partial charge is 0.264 e. The molecule has 0 atom stereocenters. The van der Waals surface area contributed by atoms with Crippen molar-refractivity contribution in [3.8, 4) is 11.5 Å². The van der Waals surface area contributed by atoms with Gasteiger partial charge in [0.1, 0.15) is 11.5 Å². The van der Waals surface area contributed by atoms with E-state index in [4.69, 9.17) is 26.9 Å². The maximum absolute atomic E-state index is 12.3. The highest BCUT2D eigenvalue weighted by Gasteiger charge is 2.14. The summed E-state index contributed by atoms with van der Waals surface area (Å²) >= 11 is 10.5. The average Bonchev–Trinajstić information content (AvgIpc) is 3.12. The molecule has 0 aliphatic rings. The molecule has 1 aromatic heterocycles. The molecule has 0 radical (unpaired) electrons. The molecule has 10 nitrogen and oxygen atoms in total. The average molecular weight is 541 g/mol. The van der Waals surface area contributed by atoms with Gasteiger partial charge in [-0.25, -0.2) is 10.1 Å². The summed E-state index contributed by atoms with van der Waals surface area (Å²) in [6.45, 7) is 0. The second-order valence-electron chi connectivity index (χ2n) is 6.11. The van der Waals surface area contributed by atoms with Gasteiger partial charge in [-0.15, -0.1) is 10.2 Å². The molecule has 32 heavy (non-hydrogen) atoms. The Labute approximate surface area is 201 Å². The predicted octanol–water partition coefficient (Wildman–Crippen LogP) is 3.60. The molecule has 2 aromatic carbocycles. The first-order valence-corrected chi connectivity index (χ1v) is 11.2. The van der Waals surface area contributed by atoms with E-state index in [9.17, 15) is 4.79 Å². The first-order chi connectivity index (χ1) is 15.4. The molecule has 13 heteroatoms. The lowest BCUT2D eigenvalue weighted by molar-refractivity contribution is -0.113. The van der Waals surface area contributed by atoms with Crippen molar-refractivity contribution in [3.63, 3.8) is 0 Å². The minimum absolute atomic E-state index is 0.0451. The number of amides is 1. The molecule has 4 N–H and O–H groups in total. The van der Waals surface area contributed by atoms with E-state index in [2.05, 4.69) is 42.0 Å². The van der Waals surface area contributed by atoms with Crippen LogP contribution in [-0.4, -0.2) is 47.0 Å². The SMILES string of the molecule is COc1ccc(Br)cc1/C=N/Nc1nnc(SCC(=O)Nc2cc(Cl)ccc2OC)n1N. The zero-order chi connectivity index (χ0) is 23.1. The number of benzene rings is 2. The number of thioether (sulfide) groups is 1. The number of nitrogens with zero attached hydrogens (tertiary/aromatic N) is 4. The summed E-state index contributed by atoms with van der Waals surface area (Å²) in [6.07, 6.45) is 1.57. The number of ether oxygens (including phenoxy) is 2. The maximum atomic E-state index is 12.3. The summed E-state index contributed by atoms with van der Waals surface area (Å²) in [5, 5.41) is 15.6. The molecule has 0 spiro atoms. The number of hydrogen-bond acceptors (Lipinski definition) is 9. The van der Waals surface area contributed by atoms with Crippen LogP contribution in [0.1, 0.15) is 5.56 Å². The van der Waals surface area contributed by atoms with Gasteiger partial charge in [-0.05, 0) is 36.4 Å². The third-order valence-corrected chi connectivity index (χ3v) is 5.66. The van der Waals surface area contributed by atoms with Crippen LogP contribution >= 0.6 is 39.3 Å². The zero-order valence-corrected chi connectivity index (χ0v) is 20.2. The van der Waals surface area contributed by atoms with E-state index in [1.807, 2.05) is 18.2 Å². The molecule has 0 saturated carbocycles. The van der Waals surface area contributed by atoms with E-state index in [0.29, 0.717) is 27.4 Å². The number of nitrogens with one attached hydrogen (secondary N) is 2. The second-order valence-corrected chi connectivity index (χ2v) is 8.41. The van der Waals surface area contributed by atoms with Crippen molar-refractivity contribution in [3.05, 3.63) is 51.5 Å². The standard InChI is InChI=1S/C19H19BrClN7O3S/c1-30-15-5-3-12(20)7-11(15)9-23-25-18-26-27-19(28(18)22)32-10-17(29)24-14-8-13(21)4-6-16(14)31-2/h3-9H,10,22H2,1-2H3,(H,24,29)(H,25,26)/b23-9+. The van der Waals surface area contributed by atoms with Crippen LogP contribution in [-0.2, 0) is 4.79 Å². The van der Waals surface area contributed by atoms with Crippen LogP contribution in [0.15, 0.2) is 51.1 Å². The molecule has 0 unspecified atom stereocenters. The molecule has 0 aliphatic carbocycles. The summed E-state index contributed by atoms with van der Waals surface area (Å²) in [7, 11) is 3.08. The van der Waals surface area contributed by atoms with E-state index in [1.54, 1.807) is 31.5 Å². The Morgan fingerprint density at radius 2 is 2.00 bits per heavy atom. The zero-order valence-electron chi connectivity index (χ0n) is 17.0. The topological polar surface area (TPSA) is 129 Å². The fourth-order valence-electron chi connectivity index (χ4n) is 2.51. The summed E-state index contributed by atoms with van der Waals surface area (Å²) in [6, 6.07) is 10.5. The van der Waals surface area contributed by atoms with Crippen LogP contribution in [0.5, 0.6) is 11.5 Å². The summed E-state index contributed by atoms with van der Waals surface area (Å²) in [5.74, 6) is 7.12. The molecular weight excluding hydrogens is 522 g/mol. The quantitative estimate of drug-likeness (QED) is 0.163. The van der Waals surface area contributed by atoms with Gasteiger partial charge in [0.15, 0.2) is 0 Å². The molecule has 0 aliphatic heterocycles. The van der Waals surface area contributed by atoms with E-state index in [0.717, 1.165) is 21.8 Å². The van der Waals surface area contributed by atoms with Crippen LogP contribution in [0.3, 0.4) is 0 Å². The van der Waals surface area contributed by atoms with Gasteiger partial charge in [0, 0.05) is 15.1 Å². The largest absolute Gasteiger partial charge is 0.496 e. The Bertz CT molecular complexity index is 1140. The van der Waals surface area contributed by atoms with Crippen LogP contribution < -0.4 is 26.1 Å². The lowest BCUT2D eigenvalue weighted by atomic mass is 10.2. The minimum atomic E-state index is -0.284. The Morgan fingerprint density at radius 3 is 2.75 bits per heavy atom. The van der Waals surface area contributed by atoms with Crippen molar-refractivity contribution in [2.45, 2.75) is 5.16 Å². The Balaban J connectivity index is 1.59. The Kier molecular flexibility index (Phi) is 8.20. The number of nitrogens with two attached hydrogens (primary N) is 1. The number of aromatic nitrogens is 3. The van der Waals surface area contributed by atoms with Gasteiger partial charge in [0.05, 0.1) is 31.9 Å². The molecule has 1 heterocycles. The number of carbonyl (C=O) groups excluding carboxylic acids is 1. The van der Waals surface area contributed by atoms with Crippen molar-refractivity contribution in [1.82, 2.24) is 14.9 Å². The van der Waals surface area contributed by atoms with Gasteiger partial charge in [-0.1, -0.05) is 39.3 Å². The first-order valence-electron chi connectivity index (χ1n) is 9.00. The van der Waals surface area contributed by atoms with Gasteiger partial charge in [-0.3, -0.25) is 4.79 Å². The monoisotopic (exact) mass is 539 g/mol. The van der Waals surface area contributed by atoms with Crippen molar-refractivity contribution in [2.75, 3.05) is 36.6 Å². The van der Waals surface area contributed by atoms with E-state index < -0.39 is 0 Å². The van der Waals surface area contributed by atoms with Gasteiger partial charge in [0.25, 0.3) is 5.95 Å². The normalized spacial score (nSPS) is 10.9. The highest BCUT2D eigenvalue weighted by atomic mass is 79.9. The van der Waals surface area contributed by atoms with Gasteiger partial charge in [-0.2, -0.15) is 5.10 Å². The van der Waals surface area contributed by atoms with Crippen LogP contribution in [0, 0.1) is 0 Å². The number of carbonyl (C=O) groups is 1. The summed E-state index contributed by atoms with van der Waals surface area (Å²) < 4.78 is 12.6. The van der Waals surface area contributed by atoms with Crippen LogP contribution in [0.4, 0.5) is 11.6 Å². The van der Waals surface area contributed by atoms with Gasteiger partial charge in [0.2, 0.25) is 11.1 Å². The summed E-state index contributed by atoms with van der Waals surface area (Å²) in [4.78, 5) is 12.3. The van der Waals surface area contributed by atoms with E-state index in [-0.39, 0.29) is 17.6 Å². The molecule has 1 amide bonds. The number of hydrogen-bond donors (Lipinski definition) is 3. The number of nitrogen functional groups attached to an aromatic ring is 1. The fraction of sp³-hybridized carbons (Fsp3) is 0.158. The van der Waals surface area contributed by atoms with Crippen molar-refractivity contribution in [1.29, 1.82) is 0 Å². The number of hydrazone groups is 1. The van der Waals surface area contributed by atoms with Crippen molar-refractivity contribution in [2.24, 2.45) is 5.10 Å². The third kappa shape index (κ3) is 6.05. The lowest BCUT2D eigenvalue weighted by Gasteiger charge is -2.10. The van der Waals surface area contributed by atoms with Crippen LogP contribution in [0.25, 0.3) is 0 Å². The summed E-state index contributed by atoms with van der Waals surface area (Å²) in [5.41, 5.74) is 3.94. The second kappa shape index (κ2) is 11.1. The van der Waals surface area contributed by atoms with Gasteiger partial charge < -0.3 is 20.6 Å². The lowest BCUT2D eigenvalue weighted by Crippen LogP contribution is -2.17. The number of anilines is 2. The van der Waals surface area contributed by atoms with E-state index in [1.165, 1.54) is 11.8 Å².